The second-order valence-electron chi connectivity index (χ2n) is 7.54. The molecule has 2 heteroatoms. The van der Waals surface area contributed by atoms with Gasteiger partial charge in [-0.1, -0.05) is 52.9 Å². The molecule has 0 radical (unpaired) electrons. The van der Waals surface area contributed by atoms with Crippen LogP contribution in [0.3, 0.4) is 0 Å². The summed E-state index contributed by atoms with van der Waals surface area (Å²) in [6, 6.07) is 11.2. The number of rotatable bonds is 1. The molecule has 98 valence electrons. The predicted molar refractivity (Wildman–Crippen MR) is 81.0 cm³/mol. The average Bonchev–Trinajstić information content (AvgIpc) is 3.15. The molecule has 6 aliphatic rings. The van der Waals surface area contributed by atoms with Crippen LogP contribution in [-0.4, -0.2) is 15.1 Å². The van der Waals surface area contributed by atoms with Gasteiger partial charge in [0.15, 0.2) is 0 Å². The van der Waals surface area contributed by atoms with Crippen LogP contribution >= 0.6 is 22.6 Å². The fourth-order valence-corrected chi connectivity index (χ4v) is 10.1. The zero-order valence-electron chi connectivity index (χ0n) is 10.6. The summed E-state index contributed by atoms with van der Waals surface area (Å²) < 4.78 is 0.768. The lowest BCUT2D eigenvalue weighted by Crippen LogP contribution is -2.43. The van der Waals surface area contributed by atoms with Crippen LogP contribution in [0.1, 0.15) is 12.0 Å². The van der Waals surface area contributed by atoms with Gasteiger partial charge in [-0.2, -0.15) is 0 Å². The third-order valence-electron chi connectivity index (χ3n) is 7.70. The number of aliphatic hydroxyl groups is 1. The summed E-state index contributed by atoms with van der Waals surface area (Å²) in [5.74, 6) is 5.65. The summed E-state index contributed by atoms with van der Waals surface area (Å²) in [5.41, 5.74) is 1.88. The van der Waals surface area contributed by atoms with E-state index >= 15 is 0 Å². The van der Waals surface area contributed by atoms with Gasteiger partial charge >= 0.3 is 0 Å². The van der Waals surface area contributed by atoms with E-state index in [4.69, 9.17) is 0 Å². The lowest BCUT2D eigenvalue weighted by Gasteiger charge is -2.43. The maximum absolute atomic E-state index is 10.8. The van der Waals surface area contributed by atoms with Gasteiger partial charge < -0.3 is 5.11 Å². The SMILES string of the molecule is OC1C2C3CC4C5C3C1C(c1ccccc1)(C5I)C42. The van der Waals surface area contributed by atoms with Crippen molar-refractivity contribution in [3.05, 3.63) is 35.9 Å². The molecule has 1 aromatic carbocycles. The van der Waals surface area contributed by atoms with Crippen molar-refractivity contribution in [3.8, 4) is 0 Å². The minimum Gasteiger partial charge on any atom is -0.392 e. The number of alkyl halides is 1. The smallest absolute Gasteiger partial charge is 0.0614 e. The van der Waals surface area contributed by atoms with Gasteiger partial charge in [-0.05, 0) is 53.4 Å². The molecule has 0 amide bonds. The van der Waals surface area contributed by atoms with Crippen molar-refractivity contribution in [2.24, 2.45) is 41.4 Å². The van der Waals surface area contributed by atoms with Crippen LogP contribution in [-0.2, 0) is 5.41 Å². The Bertz CT molecular complexity index is 582. The molecule has 19 heavy (non-hydrogen) atoms. The van der Waals surface area contributed by atoms with Crippen molar-refractivity contribution >= 4 is 22.6 Å². The first-order valence-corrected chi connectivity index (χ1v) is 8.90. The van der Waals surface area contributed by atoms with Crippen molar-refractivity contribution in [2.45, 2.75) is 21.9 Å². The molecule has 1 N–H and O–H groups in total. The summed E-state index contributed by atoms with van der Waals surface area (Å²) >= 11 is 2.76. The quantitative estimate of drug-likeness (QED) is 0.600. The van der Waals surface area contributed by atoms with E-state index in [1.54, 1.807) is 5.56 Å². The largest absolute Gasteiger partial charge is 0.392 e. The molecule has 0 aromatic heterocycles. The highest BCUT2D eigenvalue weighted by molar-refractivity contribution is 14.1. The van der Waals surface area contributed by atoms with Crippen molar-refractivity contribution in [2.75, 3.05) is 0 Å². The van der Waals surface area contributed by atoms with E-state index in [1.165, 1.54) is 6.42 Å². The van der Waals surface area contributed by atoms with E-state index in [9.17, 15) is 5.11 Å². The Morgan fingerprint density at radius 3 is 2.58 bits per heavy atom. The summed E-state index contributed by atoms with van der Waals surface area (Å²) in [4.78, 5) is 0. The van der Waals surface area contributed by atoms with Gasteiger partial charge in [-0.15, -0.1) is 0 Å². The highest BCUT2D eigenvalue weighted by Gasteiger charge is 2.88. The highest BCUT2D eigenvalue weighted by atomic mass is 127. The van der Waals surface area contributed by atoms with Gasteiger partial charge in [0.1, 0.15) is 0 Å². The first-order valence-electron chi connectivity index (χ1n) is 7.65. The normalized spacial score (nSPS) is 65.9. The Balaban J connectivity index is 1.68. The molecule has 6 bridgehead atoms. The molecule has 7 rings (SSSR count). The Morgan fingerprint density at radius 2 is 1.79 bits per heavy atom. The fraction of sp³-hybridized carbons (Fsp3) is 0.647. The average molecular weight is 364 g/mol. The van der Waals surface area contributed by atoms with Gasteiger partial charge in [-0.3, -0.25) is 0 Å². The van der Waals surface area contributed by atoms with E-state index < -0.39 is 0 Å². The second-order valence-corrected chi connectivity index (χ2v) is 8.88. The first-order chi connectivity index (χ1) is 9.28. The molecule has 6 aliphatic carbocycles. The summed E-state index contributed by atoms with van der Waals surface area (Å²) in [7, 11) is 0. The van der Waals surface area contributed by atoms with E-state index in [1.807, 2.05) is 0 Å². The predicted octanol–water partition coefficient (Wildman–Crippen LogP) is 2.86. The standard InChI is InChI=1S/C17H17IO/c18-16-11-9-6-8-10(11)14-15(19)12(8)13(9)17(14,16)7-4-2-1-3-5-7/h1-5,8-16,19H,6H2. The van der Waals surface area contributed by atoms with Crippen LogP contribution in [0.15, 0.2) is 30.3 Å². The summed E-state index contributed by atoms with van der Waals surface area (Å²) in [6.07, 6.45) is 1.45. The molecule has 6 fully saturated rings. The van der Waals surface area contributed by atoms with E-state index in [0.29, 0.717) is 17.3 Å². The lowest BCUT2D eigenvalue weighted by atomic mass is 9.61. The molecule has 10 atom stereocenters. The van der Waals surface area contributed by atoms with Crippen LogP contribution < -0.4 is 0 Å². The van der Waals surface area contributed by atoms with Gasteiger partial charge in [0.05, 0.1) is 6.10 Å². The van der Waals surface area contributed by atoms with E-state index in [2.05, 4.69) is 52.9 Å². The van der Waals surface area contributed by atoms with Gasteiger partial charge in [0.25, 0.3) is 0 Å². The molecular formula is C17H17IO. The fourth-order valence-electron chi connectivity index (χ4n) is 7.85. The maximum atomic E-state index is 10.8. The van der Waals surface area contributed by atoms with Crippen LogP contribution in [0.4, 0.5) is 0 Å². The molecule has 1 nitrogen and oxygen atoms in total. The monoisotopic (exact) mass is 364 g/mol. The summed E-state index contributed by atoms with van der Waals surface area (Å²) in [6.45, 7) is 0. The van der Waals surface area contributed by atoms with Crippen molar-refractivity contribution in [3.63, 3.8) is 0 Å². The third kappa shape index (κ3) is 0.787. The topological polar surface area (TPSA) is 20.2 Å². The Hall–Kier alpha value is -0.0900. The van der Waals surface area contributed by atoms with Crippen molar-refractivity contribution in [1.29, 1.82) is 0 Å². The van der Waals surface area contributed by atoms with Crippen LogP contribution in [0.25, 0.3) is 0 Å². The van der Waals surface area contributed by atoms with Crippen molar-refractivity contribution in [1.82, 2.24) is 0 Å². The van der Waals surface area contributed by atoms with Crippen LogP contribution in [0.5, 0.6) is 0 Å². The zero-order valence-corrected chi connectivity index (χ0v) is 12.8. The van der Waals surface area contributed by atoms with E-state index in [-0.39, 0.29) is 6.10 Å². The number of hydrogen-bond acceptors (Lipinski definition) is 1. The highest BCUT2D eigenvalue weighted by Crippen LogP contribution is 2.88. The Kier molecular flexibility index (Phi) is 1.63. The molecule has 0 aliphatic heterocycles. The lowest BCUT2D eigenvalue weighted by molar-refractivity contribution is 0.103. The molecule has 6 saturated carbocycles. The number of aliphatic hydroxyl groups excluding tert-OH is 1. The second kappa shape index (κ2) is 2.92. The van der Waals surface area contributed by atoms with Crippen LogP contribution in [0, 0.1) is 41.4 Å². The van der Waals surface area contributed by atoms with Crippen molar-refractivity contribution < 1.29 is 5.11 Å². The molecule has 0 spiro atoms. The van der Waals surface area contributed by atoms with Gasteiger partial charge in [0, 0.05) is 9.34 Å². The maximum Gasteiger partial charge on any atom is 0.0614 e. The Labute approximate surface area is 126 Å². The number of hydrogen-bond donors (Lipinski definition) is 1. The van der Waals surface area contributed by atoms with E-state index in [0.717, 1.165) is 33.5 Å². The molecular weight excluding hydrogens is 347 g/mol. The minimum atomic E-state index is 0.00923. The summed E-state index contributed by atoms with van der Waals surface area (Å²) in [5, 5.41) is 10.8. The zero-order chi connectivity index (χ0) is 12.5. The molecule has 0 saturated heterocycles. The van der Waals surface area contributed by atoms with Gasteiger partial charge in [-0.25, -0.2) is 0 Å². The first kappa shape index (κ1) is 10.6. The Morgan fingerprint density at radius 1 is 1.00 bits per heavy atom. The molecule has 1 aromatic rings. The van der Waals surface area contributed by atoms with Gasteiger partial charge in [0.2, 0.25) is 0 Å². The number of halogens is 1. The minimum absolute atomic E-state index is 0.00923. The third-order valence-corrected chi connectivity index (χ3v) is 9.56. The van der Waals surface area contributed by atoms with Crippen LogP contribution in [0.2, 0.25) is 0 Å². The molecule has 10 unspecified atom stereocenters. The number of benzene rings is 1. The molecule has 0 heterocycles.